The van der Waals surface area contributed by atoms with Crippen molar-refractivity contribution in [3.8, 4) is 0 Å². The zero-order valence-corrected chi connectivity index (χ0v) is 16.3. The van der Waals surface area contributed by atoms with E-state index in [0.717, 1.165) is 0 Å². The van der Waals surface area contributed by atoms with Crippen molar-refractivity contribution in [1.29, 1.82) is 0 Å². The van der Waals surface area contributed by atoms with E-state index in [4.69, 9.17) is 11.6 Å². The first-order valence-corrected chi connectivity index (χ1v) is 9.22. The van der Waals surface area contributed by atoms with E-state index in [2.05, 4.69) is 25.9 Å². The van der Waals surface area contributed by atoms with E-state index in [9.17, 15) is 18.8 Å². The molecule has 0 aliphatic rings. The third-order valence-corrected chi connectivity index (χ3v) is 4.31. The van der Waals surface area contributed by atoms with Crippen molar-refractivity contribution in [3.05, 3.63) is 76.8 Å². The van der Waals surface area contributed by atoms with Crippen LogP contribution >= 0.6 is 11.6 Å². The molecule has 3 aromatic rings. The number of carbonyl (C=O) groups excluding carboxylic acids is 3. The van der Waals surface area contributed by atoms with Gasteiger partial charge in [0, 0.05) is 17.9 Å². The number of hydrogen-bond donors (Lipinski definition) is 4. The van der Waals surface area contributed by atoms with Crippen molar-refractivity contribution in [2.45, 2.75) is 0 Å². The van der Waals surface area contributed by atoms with Crippen LogP contribution in [0.3, 0.4) is 0 Å². The maximum atomic E-state index is 12.4. The second kappa shape index (κ2) is 9.66. The molecule has 2 aromatic carbocycles. The Balaban J connectivity index is 1.64. The van der Waals surface area contributed by atoms with Gasteiger partial charge in [0.2, 0.25) is 0 Å². The molecule has 0 aliphatic heterocycles. The highest BCUT2D eigenvalue weighted by molar-refractivity contribution is 6.34. The highest BCUT2D eigenvalue weighted by atomic mass is 35.5. The summed E-state index contributed by atoms with van der Waals surface area (Å²) in [5.41, 5.74) is 1.08. The minimum atomic E-state index is -0.721. The monoisotopic (exact) mass is 429 g/mol. The molecule has 10 heteroatoms. The molecular weight excluding hydrogens is 413 g/mol. The van der Waals surface area contributed by atoms with Crippen LogP contribution in [0.15, 0.2) is 54.9 Å². The summed E-state index contributed by atoms with van der Waals surface area (Å²) < 4.78 is 12.2. The van der Waals surface area contributed by atoms with E-state index < -0.39 is 18.5 Å². The summed E-state index contributed by atoms with van der Waals surface area (Å²) in [6, 6.07) is 13.0. The molecule has 0 spiro atoms. The number of imidazole rings is 1. The summed E-state index contributed by atoms with van der Waals surface area (Å²) >= 11 is 6.02. The number of aromatic amines is 1. The lowest BCUT2D eigenvalue weighted by molar-refractivity contribution is 0.0933. The Bertz CT molecular complexity index is 1070. The van der Waals surface area contributed by atoms with Gasteiger partial charge in [-0.1, -0.05) is 23.7 Å². The highest BCUT2D eigenvalue weighted by Gasteiger charge is 2.20. The Labute approximate surface area is 175 Å². The second-order valence-electron chi connectivity index (χ2n) is 6.04. The molecule has 1 aromatic heterocycles. The van der Waals surface area contributed by atoms with E-state index in [1.807, 2.05) is 0 Å². The summed E-state index contributed by atoms with van der Waals surface area (Å²) in [7, 11) is 0. The number of amides is 3. The van der Waals surface area contributed by atoms with Crippen molar-refractivity contribution in [1.82, 2.24) is 15.3 Å². The third-order valence-electron chi connectivity index (χ3n) is 3.98. The van der Waals surface area contributed by atoms with E-state index >= 15 is 0 Å². The van der Waals surface area contributed by atoms with Crippen LogP contribution in [-0.2, 0) is 0 Å². The standard InChI is InChI=1S/C20H17ClFN5O3/c21-15-4-2-1-3-14(15)18(28)26-12-5-7-13(8-6-12)27-20(30)17-16(24-11-25-17)19(29)23-10-9-22/h1-8,11H,9-10H2,(H,23,29)(H,24,25)(H,26,28)(H,27,30). The number of aromatic nitrogens is 2. The van der Waals surface area contributed by atoms with Crippen LogP contribution in [0.25, 0.3) is 0 Å². The third kappa shape index (κ3) is 5.00. The highest BCUT2D eigenvalue weighted by Crippen LogP contribution is 2.19. The van der Waals surface area contributed by atoms with Crippen LogP contribution in [0.5, 0.6) is 0 Å². The SMILES string of the molecule is O=C(Nc1ccc(NC(=O)c2nc[nH]c2C(=O)NCCF)cc1)c1ccccc1Cl. The van der Waals surface area contributed by atoms with Gasteiger partial charge < -0.3 is 20.9 Å². The largest absolute Gasteiger partial charge is 0.348 e. The van der Waals surface area contributed by atoms with Crippen molar-refractivity contribution in [2.24, 2.45) is 0 Å². The van der Waals surface area contributed by atoms with E-state index in [0.29, 0.717) is 22.0 Å². The fraction of sp³-hybridized carbons (Fsp3) is 0.100. The Hall–Kier alpha value is -3.72. The number of nitrogens with one attached hydrogen (secondary N) is 4. The van der Waals surface area contributed by atoms with Crippen molar-refractivity contribution in [2.75, 3.05) is 23.9 Å². The number of carbonyl (C=O) groups is 3. The minimum absolute atomic E-state index is 0.0652. The molecule has 0 fully saturated rings. The molecule has 0 radical (unpaired) electrons. The first-order valence-electron chi connectivity index (χ1n) is 8.84. The molecule has 0 bridgehead atoms. The van der Waals surface area contributed by atoms with Crippen LogP contribution in [0, 0.1) is 0 Å². The van der Waals surface area contributed by atoms with Gasteiger partial charge in [0.1, 0.15) is 12.4 Å². The number of rotatable bonds is 7. The molecule has 8 nitrogen and oxygen atoms in total. The molecule has 1 heterocycles. The quantitative estimate of drug-likeness (QED) is 0.461. The molecule has 0 saturated carbocycles. The zero-order valence-electron chi connectivity index (χ0n) is 15.5. The lowest BCUT2D eigenvalue weighted by atomic mass is 10.2. The number of halogens is 2. The first kappa shape index (κ1) is 21.0. The summed E-state index contributed by atoms with van der Waals surface area (Å²) in [4.78, 5) is 43.1. The molecule has 0 unspecified atom stereocenters. The molecule has 0 saturated heterocycles. The predicted octanol–water partition coefficient (Wildman–Crippen LogP) is 3.27. The van der Waals surface area contributed by atoms with Crippen molar-refractivity contribution in [3.63, 3.8) is 0 Å². The zero-order chi connectivity index (χ0) is 21.5. The lowest BCUT2D eigenvalue weighted by Gasteiger charge is -2.09. The predicted molar refractivity (Wildman–Crippen MR) is 111 cm³/mol. The second-order valence-corrected chi connectivity index (χ2v) is 6.44. The Morgan fingerprint density at radius 3 is 2.20 bits per heavy atom. The van der Waals surface area contributed by atoms with Crippen LogP contribution in [0.4, 0.5) is 15.8 Å². The van der Waals surface area contributed by atoms with Crippen LogP contribution in [-0.4, -0.2) is 40.9 Å². The van der Waals surface area contributed by atoms with Gasteiger partial charge in [0.05, 0.1) is 16.9 Å². The number of alkyl halides is 1. The van der Waals surface area contributed by atoms with Crippen molar-refractivity contribution >= 4 is 40.7 Å². The number of H-pyrrole nitrogens is 1. The van der Waals surface area contributed by atoms with Gasteiger partial charge in [-0.15, -0.1) is 0 Å². The molecule has 4 N–H and O–H groups in total. The molecule has 3 rings (SSSR count). The van der Waals surface area contributed by atoms with Crippen molar-refractivity contribution < 1.29 is 18.8 Å². The molecule has 0 aliphatic carbocycles. The Morgan fingerprint density at radius 1 is 0.933 bits per heavy atom. The summed E-state index contributed by atoms with van der Waals surface area (Å²) in [5, 5.41) is 7.98. The molecule has 154 valence electrons. The average molecular weight is 430 g/mol. The van der Waals surface area contributed by atoms with E-state index in [1.54, 1.807) is 48.5 Å². The maximum absolute atomic E-state index is 12.4. The number of hydrogen-bond acceptors (Lipinski definition) is 4. The fourth-order valence-electron chi connectivity index (χ4n) is 2.56. The Kier molecular flexibility index (Phi) is 6.76. The lowest BCUT2D eigenvalue weighted by Crippen LogP contribution is -2.28. The molecular formula is C20H17ClFN5O3. The van der Waals surface area contributed by atoms with E-state index in [-0.39, 0.29) is 23.8 Å². The minimum Gasteiger partial charge on any atom is -0.348 e. The van der Waals surface area contributed by atoms with Gasteiger partial charge >= 0.3 is 0 Å². The Morgan fingerprint density at radius 2 is 1.57 bits per heavy atom. The van der Waals surface area contributed by atoms with Gasteiger partial charge in [-0.05, 0) is 36.4 Å². The fourth-order valence-corrected chi connectivity index (χ4v) is 2.78. The van der Waals surface area contributed by atoms with E-state index in [1.165, 1.54) is 6.33 Å². The summed E-state index contributed by atoms with van der Waals surface area (Å²) in [6.45, 7) is -0.888. The van der Waals surface area contributed by atoms with Crippen LogP contribution in [0.2, 0.25) is 5.02 Å². The normalized spacial score (nSPS) is 10.3. The summed E-state index contributed by atoms with van der Waals surface area (Å²) in [5.74, 6) is -1.61. The maximum Gasteiger partial charge on any atom is 0.276 e. The van der Waals surface area contributed by atoms with Gasteiger partial charge in [-0.2, -0.15) is 0 Å². The first-order chi connectivity index (χ1) is 14.5. The van der Waals surface area contributed by atoms with Gasteiger partial charge in [-0.3, -0.25) is 14.4 Å². The topological polar surface area (TPSA) is 116 Å². The number of benzene rings is 2. The van der Waals surface area contributed by atoms with Gasteiger partial charge in [-0.25, -0.2) is 9.37 Å². The van der Waals surface area contributed by atoms with Gasteiger partial charge in [0.15, 0.2) is 5.69 Å². The molecule has 30 heavy (non-hydrogen) atoms. The smallest absolute Gasteiger partial charge is 0.276 e. The summed E-state index contributed by atoms with van der Waals surface area (Å²) in [6.07, 6.45) is 1.20. The molecule has 0 atom stereocenters. The molecule has 3 amide bonds. The number of nitrogens with zero attached hydrogens (tertiary/aromatic N) is 1. The number of anilines is 2. The van der Waals surface area contributed by atoms with Crippen LogP contribution in [0.1, 0.15) is 31.3 Å². The van der Waals surface area contributed by atoms with Crippen LogP contribution < -0.4 is 16.0 Å². The average Bonchev–Trinajstić information content (AvgIpc) is 3.24. The van der Waals surface area contributed by atoms with Gasteiger partial charge in [0.25, 0.3) is 17.7 Å².